The fraction of sp³-hybridized carbons (Fsp3) is 0.231. The van der Waals surface area contributed by atoms with Gasteiger partial charge in [-0.25, -0.2) is 4.98 Å². The molecule has 1 aromatic carbocycles. The third kappa shape index (κ3) is 2.68. The van der Waals surface area contributed by atoms with Crippen LogP contribution >= 0.6 is 11.3 Å². The summed E-state index contributed by atoms with van der Waals surface area (Å²) in [6.45, 7) is 1.27. The van der Waals surface area contributed by atoms with E-state index >= 15 is 0 Å². The van der Waals surface area contributed by atoms with Gasteiger partial charge in [-0.1, -0.05) is 0 Å². The van der Waals surface area contributed by atoms with Crippen LogP contribution in [0, 0.1) is 0 Å². The molecule has 1 aliphatic rings. The maximum Gasteiger partial charge on any atom is 0.275 e. The van der Waals surface area contributed by atoms with Gasteiger partial charge in [-0.15, -0.1) is 11.3 Å². The van der Waals surface area contributed by atoms with Crippen molar-refractivity contribution in [3.05, 3.63) is 34.8 Å². The van der Waals surface area contributed by atoms with E-state index in [1.807, 2.05) is 0 Å². The van der Waals surface area contributed by atoms with Gasteiger partial charge in [0.25, 0.3) is 5.91 Å². The van der Waals surface area contributed by atoms with Gasteiger partial charge in [0.2, 0.25) is 0 Å². The molecule has 98 valence electrons. The zero-order valence-corrected chi connectivity index (χ0v) is 10.9. The Labute approximate surface area is 114 Å². The van der Waals surface area contributed by atoms with Crippen molar-refractivity contribution >= 4 is 22.9 Å². The number of carbonyl (C=O) groups is 1. The third-order valence-electron chi connectivity index (χ3n) is 2.67. The summed E-state index contributed by atoms with van der Waals surface area (Å²) in [6.07, 6.45) is 0.856. The van der Waals surface area contributed by atoms with Gasteiger partial charge in [-0.05, 0) is 12.1 Å². The van der Waals surface area contributed by atoms with Gasteiger partial charge in [0.1, 0.15) is 5.69 Å². The fourth-order valence-electron chi connectivity index (χ4n) is 1.76. The third-order valence-corrected chi connectivity index (χ3v) is 3.26. The van der Waals surface area contributed by atoms with E-state index in [4.69, 9.17) is 9.47 Å². The number of rotatable bonds is 2. The van der Waals surface area contributed by atoms with E-state index < -0.39 is 0 Å². The normalized spacial score (nSPS) is 13.7. The van der Waals surface area contributed by atoms with Crippen molar-refractivity contribution in [2.24, 2.45) is 0 Å². The molecule has 0 bridgehead atoms. The number of thiazole rings is 1. The Morgan fingerprint density at radius 2 is 2.11 bits per heavy atom. The van der Waals surface area contributed by atoms with Crippen molar-refractivity contribution in [1.82, 2.24) is 4.98 Å². The zero-order valence-electron chi connectivity index (χ0n) is 10.1. The molecule has 0 fully saturated rings. The lowest BCUT2D eigenvalue weighted by Gasteiger charge is -2.09. The van der Waals surface area contributed by atoms with Crippen molar-refractivity contribution in [1.29, 1.82) is 0 Å². The number of nitrogens with zero attached hydrogens (tertiary/aromatic N) is 1. The molecule has 19 heavy (non-hydrogen) atoms. The average molecular weight is 276 g/mol. The molecule has 0 unspecified atom stereocenters. The van der Waals surface area contributed by atoms with Gasteiger partial charge in [-0.2, -0.15) is 0 Å². The van der Waals surface area contributed by atoms with E-state index in [9.17, 15) is 4.79 Å². The van der Waals surface area contributed by atoms with Crippen LogP contribution in [0.25, 0.3) is 0 Å². The van der Waals surface area contributed by atoms with E-state index in [2.05, 4.69) is 10.3 Å². The second-order valence-corrected chi connectivity index (χ2v) is 4.76. The molecule has 2 heterocycles. The van der Waals surface area contributed by atoms with Crippen molar-refractivity contribution < 1.29 is 14.3 Å². The van der Waals surface area contributed by atoms with Crippen LogP contribution in [0.5, 0.6) is 11.5 Å². The van der Waals surface area contributed by atoms with Crippen LogP contribution in [0.3, 0.4) is 0 Å². The molecule has 0 radical (unpaired) electrons. The lowest BCUT2D eigenvalue weighted by atomic mass is 10.2. The largest absolute Gasteiger partial charge is 0.490 e. The first kappa shape index (κ1) is 12.0. The Kier molecular flexibility index (Phi) is 3.33. The number of hydrogen-bond donors (Lipinski definition) is 1. The number of amides is 1. The van der Waals surface area contributed by atoms with Crippen LogP contribution in [-0.2, 0) is 0 Å². The second kappa shape index (κ2) is 5.27. The molecule has 3 rings (SSSR count). The quantitative estimate of drug-likeness (QED) is 0.915. The van der Waals surface area contributed by atoms with Gasteiger partial charge >= 0.3 is 0 Å². The zero-order chi connectivity index (χ0) is 13.1. The van der Waals surface area contributed by atoms with Crippen molar-refractivity contribution in [3.63, 3.8) is 0 Å². The summed E-state index contributed by atoms with van der Waals surface area (Å²) in [5.41, 5.74) is 2.71. The fourth-order valence-corrected chi connectivity index (χ4v) is 2.29. The molecule has 0 aliphatic carbocycles. The molecule has 1 aromatic heterocycles. The molecule has 6 heteroatoms. The highest BCUT2D eigenvalue weighted by atomic mass is 32.1. The minimum absolute atomic E-state index is 0.226. The lowest BCUT2D eigenvalue weighted by molar-refractivity contribution is 0.102. The summed E-state index contributed by atoms with van der Waals surface area (Å²) in [6, 6.07) is 5.36. The Bertz CT molecular complexity index is 584. The molecule has 2 aromatic rings. The summed E-state index contributed by atoms with van der Waals surface area (Å²) in [4.78, 5) is 15.8. The summed E-state index contributed by atoms with van der Waals surface area (Å²) in [7, 11) is 0. The van der Waals surface area contributed by atoms with E-state index in [0.29, 0.717) is 36.1 Å². The standard InChI is InChI=1S/C13H12N2O3S/c16-13(10-7-19-8-14-10)15-9-2-3-11-12(6-9)18-5-1-4-17-11/h2-3,6-8H,1,4-5H2,(H,15,16). The smallest absolute Gasteiger partial charge is 0.275 e. The van der Waals surface area contributed by atoms with Gasteiger partial charge in [0.15, 0.2) is 11.5 Å². The number of aromatic nitrogens is 1. The summed E-state index contributed by atoms with van der Waals surface area (Å²) in [5.74, 6) is 1.15. The van der Waals surface area contributed by atoms with Crippen LogP contribution < -0.4 is 14.8 Å². The molecule has 1 N–H and O–H groups in total. The summed E-state index contributed by atoms with van der Waals surface area (Å²) in [5, 5.41) is 4.49. The predicted octanol–water partition coefficient (Wildman–Crippen LogP) is 2.56. The average Bonchev–Trinajstić information content (AvgIpc) is 2.85. The molecular weight excluding hydrogens is 264 g/mol. The lowest BCUT2D eigenvalue weighted by Crippen LogP contribution is -2.12. The van der Waals surface area contributed by atoms with Gasteiger partial charge in [-0.3, -0.25) is 4.79 Å². The van der Waals surface area contributed by atoms with Crippen LogP contribution in [-0.4, -0.2) is 24.1 Å². The number of fused-ring (bicyclic) bond motifs is 1. The van der Waals surface area contributed by atoms with Crippen molar-refractivity contribution in [2.75, 3.05) is 18.5 Å². The van der Waals surface area contributed by atoms with Gasteiger partial charge < -0.3 is 14.8 Å². The minimum atomic E-state index is -0.226. The highest BCUT2D eigenvalue weighted by molar-refractivity contribution is 7.07. The Balaban J connectivity index is 1.78. The van der Waals surface area contributed by atoms with Crippen LogP contribution in [0.2, 0.25) is 0 Å². The second-order valence-electron chi connectivity index (χ2n) is 4.04. The number of ether oxygens (including phenoxy) is 2. The van der Waals surface area contributed by atoms with Crippen LogP contribution in [0.4, 0.5) is 5.69 Å². The Hall–Kier alpha value is -2.08. The Morgan fingerprint density at radius 3 is 2.89 bits per heavy atom. The molecule has 5 nitrogen and oxygen atoms in total. The maximum atomic E-state index is 11.9. The number of carbonyl (C=O) groups excluding carboxylic acids is 1. The molecule has 0 atom stereocenters. The van der Waals surface area contributed by atoms with Crippen molar-refractivity contribution in [3.8, 4) is 11.5 Å². The summed E-state index contributed by atoms with van der Waals surface area (Å²) < 4.78 is 11.1. The van der Waals surface area contributed by atoms with E-state index in [1.165, 1.54) is 11.3 Å². The van der Waals surface area contributed by atoms with Gasteiger partial charge in [0.05, 0.1) is 18.7 Å². The molecule has 0 spiro atoms. The van der Waals surface area contributed by atoms with Gasteiger partial charge in [0, 0.05) is 23.6 Å². The predicted molar refractivity (Wildman–Crippen MR) is 72.1 cm³/mol. The van der Waals surface area contributed by atoms with Crippen LogP contribution in [0.15, 0.2) is 29.1 Å². The van der Waals surface area contributed by atoms with Crippen molar-refractivity contribution in [2.45, 2.75) is 6.42 Å². The number of nitrogens with one attached hydrogen (secondary N) is 1. The highest BCUT2D eigenvalue weighted by Gasteiger charge is 2.13. The topological polar surface area (TPSA) is 60.5 Å². The molecule has 0 saturated heterocycles. The number of anilines is 1. The molecule has 1 aliphatic heterocycles. The summed E-state index contributed by atoms with van der Waals surface area (Å²) >= 11 is 1.39. The molecule has 1 amide bonds. The minimum Gasteiger partial charge on any atom is -0.490 e. The first-order chi connectivity index (χ1) is 9.33. The molecular formula is C13H12N2O3S. The van der Waals surface area contributed by atoms with E-state index in [0.717, 1.165) is 6.42 Å². The van der Waals surface area contributed by atoms with E-state index in [1.54, 1.807) is 29.1 Å². The SMILES string of the molecule is O=C(Nc1ccc2c(c1)OCCCO2)c1cscn1. The maximum absolute atomic E-state index is 11.9. The monoisotopic (exact) mass is 276 g/mol. The first-order valence-corrected chi connectivity index (χ1v) is 6.86. The number of hydrogen-bond acceptors (Lipinski definition) is 5. The first-order valence-electron chi connectivity index (χ1n) is 5.92. The molecule has 0 saturated carbocycles. The number of benzene rings is 1. The van der Waals surface area contributed by atoms with Crippen LogP contribution in [0.1, 0.15) is 16.9 Å². The highest BCUT2D eigenvalue weighted by Crippen LogP contribution is 2.32. The Morgan fingerprint density at radius 1 is 1.26 bits per heavy atom. The van der Waals surface area contributed by atoms with E-state index in [-0.39, 0.29) is 5.91 Å².